The number of esters is 1. The molecule has 2 fully saturated rings. The Balaban J connectivity index is 1.30. The third-order valence-electron chi connectivity index (χ3n) is 8.79. The van der Waals surface area contributed by atoms with E-state index in [-0.39, 0.29) is 17.9 Å². The van der Waals surface area contributed by atoms with Gasteiger partial charge in [0, 0.05) is 31.3 Å². The van der Waals surface area contributed by atoms with Crippen LogP contribution in [0.1, 0.15) is 34.2 Å². The number of rotatable bonds is 8. The van der Waals surface area contributed by atoms with Crippen molar-refractivity contribution in [2.24, 2.45) is 11.3 Å². The molecule has 1 N–H and O–H groups in total. The van der Waals surface area contributed by atoms with Gasteiger partial charge in [0.25, 0.3) is 0 Å². The smallest absolute Gasteiger partial charge is 0.314 e. The Bertz CT molecular complexity index is 1500. The number of hydrogen-bond donors (Lipinski definition) is 1. The number of aromatic nitrogens is 1. The van der Waals surface area contributed by atoms with Gasteiger partial charge in [0.1, 0.15) is 18.2 Å². The van der Waals surface area contributed by atoms with Crippen molar-refractivity contribution in [3.63, 3.8) is 0 Å². The molecule has 0 radical (unpaired) electrons. The molecule has 3 aromatic rings. The molecule has 0 bridgehead atoms. The minimum Gasteiger partial charge on any atom is -0.488 e. The van der Waals surface area contributed by atoms with Crippen LogP contribution in [0.2, 0.25) is 0 Å². The molecule has 1 saturated carbocycles. The topological polar surface area (TPSA) is 96.7 Å². The third kappa shape index (κ3) is 4.30. The van der Waals surface area contributed by atoms with Crippen molar-refractivity contribution in [2.75, 3.05) is 38.8 Å². The average Bonchev–Trinajstić information content (AvgIpc) is 3.63. The van der Waals surface area contributed by atoms with Crippen molar-refractivity contribution in [1.82, 2.24) is 10.3 Å². The van der Waals surface area contributed by atoms with Crippen LogP contribution >= 0.6 is 0 Å². The highest BCUT2D eigenvalue weighted by atomic mass is 16.5. The fourth-order valence-corrected chi connectivity index (χ4v) is 6.67. The Hall–Kier alpha value is -3.93. The van der Waals surface area contributed by atoms with Crippen molar-refractivity contribution >= 4 is 11.8 Å². The van der Waals surface area contributed by atoms with Crippen LogP contribution in [0.4, 0.5) is 5.82 Å². The third-order valence-corrected chi connectivity index (χ3v) is 8.79. The number of pyridine rings is 1. The average molecular weight is 539 g/mol. The molecule has 206 valence electrons. The number of methoxy groups -OCH3 is 2. The number of nitrogens with zero attached hydrogens (tertiary/aromatic N) is 3. The summed E-state index contributed by atoms with van der Waals surface area (Å²) in [5.74, 6) is 1.63. The highest BCUT2D eigenvalue weighted by Crippen LogP contribution is 2.62. The van der Waals surface area contributed by atoms with Gasteiger partial charge in [-0.05, 0) is 67.1 Å². The van der Waals surface area contributed by atoms with Crippen LogP contribution in [0.25, 0.3) is 11.3 Å². The molecule has 1 aliphatic carbocycles. The van der Waals surface area contributed by atoms with Crippen LogP contribution in [0.3, 0.4) is 0 Å². The molecule has 2 aliphatic heterocycles. The lowest BCUT2D eigenvalue weighted by Crippen LogP contribution is -2.44. The van der Waals surface area contributed by atoms with Crippen LogP contribution in [-0.4, -0.2) is 50.9 Å². The molecule has 40 heavy (non-hydrogen) atoms. The summed E-state index contributed by atoms with van der Waals surface area (Å²) in [6.45, 7) is 5.15. The zero-order valence-corrected chi connectivity index (χ0v) is 23.2. The number of carbonyl (C=O) groups is 1. The molecule has 6 rings (SSSR count). The molecule has 1 saturated heterocycles. The number of para-hydroxylation sites is 1. The first-order valence-electron chi connectivity index (χ1n) is 13.8. The summed E-state index contributed by atoms with van der Waals surface area (Å²) in [6, 6.07) is 18.4. The summed E-state index contributed by atoms with van der Waals surface area (Å²) in [7, 11) is 3.12. The van der Waals surface area contributed by atoms with Gasteiger partial charge in [-0.15, -0.1) is 0 Å². The van der Waals surface area contributed by atoms with E-state index in [9.17, 15) is 10.1 Å². The Morgan fingerprint density at radius 3 is 2.85 bits per heavy atom. The predicted molar refractivity (Wildman–Crippen MR) is 151 cm³/mol. The Labute approximate surface area is 234 Å². The number of carbonyl (C=O) groups excluding carboxylic acids is 1. The molecule has 8 heteroatoms. The molecule has 0 unspecified atom stereocenters. The zero-order chi connectivity index (χ0) is 27.9. The summed E-state index contributed by atoms with van der Waals surface area (Å²) < 4.78 is 17.2. The van der Waals surface area contributed by atoms with Crippen molar-refractivity contribution in [3.05, 3.63) is 76.3 Å². The molecule has 2 aromatic carbocycles. The summed E-state index contributed by atoms with van der Waals surface area (Å²) in [5, 5.41) is 13.3. The fourth-order valence-electron chi connectivity index (χ4n) is 6.67. The van der Waals surface area contributed by atoms with E-state index in [1.165, 1.54) is 12.7 Å². The van der Waals surface area contributed by atoms with Gasteiger partial charge < -0.3 is 24.4 Å². The first-order valence-corrected chi connectivity index (χ1v) is 13.8. The molecule has 1 aromatic heterocycles. The molecule has 3 aliphatic rings. The lowest BCUT2D eigenvalue weighted by Gasteiger charge is -2.31. The maximum atomic E-state index is 12.8. The van der Waals surface area contributed by atoms with E-state index in [1.54, 1.807) is 7.11 Å². The molecule has 0 amide bonds. The number of nitrogens with one attached hydrogen (secondary N) is 1. The Morgan fingerprint density at radius 2 is 2.05 bits per heavy atom. The number of fused-ring (bicyclic) bond motifs is 2. The lowest BCUT2D eigenvalue weighted by atomic mass is 9.92. The first-order chi connectivity index (χ1) is 19.5. The number of ether oxygens (including phenoxy) is 3. The Kier molecular flexibility index (Phi) is 6.95. The minimum atomic E-state index is -0.524. The molecular formula is C32H34N4O4. The van der Waals surface area contributed by atoms with Gasteiger partial charge >= 0.3 is 5.97 Å². The number of aryl methyl sites for hydroxylation is 1. The number of benzene rings is 2. The highest BCUT2D eigenvalue weighted by molar-refractivity contribution is 5.84. The second-order valence-electron chi connectivity index (χ2n) is 11.0. The molecule has 3 heterocycles. The number of hydrogen-bond acceptors (Lipinski definition) is 8. The van der Waals surface area contributed by atoms with Crippen molar-refractivity contribution < 1.29 is 19.0 Å². The second-order valence-corrected chi connectivity index (χ2v) is 11.0. The van der Waals surface area contributed by atoms with Gasteiger partial charge in [-0.3, -0.25) is 4.79 Å². The molecule has 0 spiro atoms. The second kappa shape index (κ2) is 10.6. The van der Waals surface area contributed by atoms with E-state index in [2.05, 4.69) is 22.4 Å². The monoisotopic (exact) mass is 538 g/mol. The van der Waals surface area contributed by atoms with E-state index >= 15 is 0 Å². The van der Waals surface area contributed by atoms with Gasteiger partial charge in [-0.25, -0.2) is 4.98 Å². The minimum absolute atomic E-state index is 0.130. The van der Waals surface area contributed by atoms with Crippen LogP contribution in [0, 0.1) is 29.6 Å². The number of piperidine rings is 1. The van der Waals surface area contributed by atoms with Crippen LogP contribution in [0.5, 0.6) is 5.75 Å². The van der Waals surface area contributed by atoms with Crippen LogP contribution in [-0.2, 0) is 33.8 Å². The predicted octanol–water partition coefficient (Wildman–Crippen LogP) is 4.17. The number of anilines is 1. The quantitative estimate of drug-likeness (QED) is 0.427. The summed E-state index contributed by atoms with van der Waals surface area (Å²) in [4.78, 5) is 20.0. The van der Waals surface area contributed by atoms with Gasteiger partial charge in [-0.1, -0.05) is 30.3 Å². The van der Waals surface area contributed by atoms with E-state index in [1.807, 2.05) is 49.4 Å². The maximum Gasteiger partial charge on any atom is 0.314 e. The molecular weight excluding hydrogens is 504 g/mol. The van der Waals surface area contributed by atoms with Gasteiger partial charge in [0.05, 0.1) is 42.5 Å². The van der Waals surface area contributed by atoms with E-state index in [0.29, 0.717) is 13.2 Å². The maximum absolute atomic E-state index is 12.8. The first kappa shape index (κ1) is 26.3. The summed E-state index contributed by atoms with van der Waals surface area (Å²) in [5.41, 5.74) is 6.08. The largest absolute Gasteiger partial charge is 0.488 e. The van der Waals surface area contributed by atoms with Crippen LogP contribution in [0.15, 0.2) is 48.5 Å². The summed E-state index contributed by atoms with van der Waals surface area (Å²) in [6.07, 6.45) is 1.67. The Morgan fingerprint density at radius 1 is 1.20 bits per heavy atom. The normalized spacial score (nSPS) is 22.7. The standard InChI is InChI=1S/C32H34N4O4/c1-20-6-4-7-25(30(20)40-18-22-11-10-21-16-34-13-12-24(21)26(22)15-33)27-8-5-9-29(35-27)36-17-23-14-32(23,31(37)39-3)28(36)19-38-2/h4-11,23,28,34H,12-14,16-19H2,1-3H3/t23-,28+,32+/m0/s1. The van der Waals surface area contributed by atoms with Crippen molar-refractivity contribution in [1.29, 1.82) is 5.26 Å². The van der Waals surface area contributed by atoms with E-state index in [4.69, 9.17) is 19.2 Å². The SMILES string of the molecule is COC[C@H]1N(c2cccc(-c3cccc(C)c3OCc3ccc4c(c3C#N)CCNC4)n2)C[C@@H]2C[C@@]21C(=O)OC. The van der Waals surface area contributed by atoms with Gasteiger partial charge in [-0.2, -0.15) is 5.26 Å². The number of nitriles is 1. The van der Waals surface area contributed by atoms with Crippen molar-refractivity contribution in [2.45, 2.75) is 39.0 Å². The molecule has 8 nitrogen and oxygen atoms in total. The van der Waals surface area contributed by atoms with E-state index < -0.39 is 5.41 Å². The highest BCUT2D eigenvalue weighted by Gasteiger charge is 2.71. The lowest BCUT2D eigenvalue weighted by molar-refractivity contribution is -0.148. The molecule has 3 atom stereocenters. The fraction of sp³-hybridized carbons (Fsp3) is 0.406. The van der Waals surface area contributed by atoms with Gasteiger partial charge in [0.15, 0.2) is 0 Å². The van der Waals surface area contributed by atoms with Crippen molar-refractivity contribution in [3.8, 4) is 23.1 Å². The summed E-state index contributed by atoms with van der Waals surface area (Å²) >= 11 is 0. The van der Waals surface area contributed by atoms with E-state index in [0.717, 1.165) is 77.6 Å². The van der Waals surface area contributed by atoms with Gasteiger partial charge in [0.2, 0.25) is 0 Å². The zero-order valence-electron chi connectivity index (χ0n) is 23.2. The van der Waals surface area contributed by atoms with Crippen LogP contribution < -0.4 is 15.0 Å².